The summed E-state index contributed by atoms with van der Waals surface area (Å²) in [5.41, 5.74) is 4.66. The fraction of sp³-hybridized carbons (Fsp3) is 0.433. The number of nitrogens with two attached hydrogens (primary N) is 1. The summed E-state index contributed by atoms with van der Waals surface area (Å²) in [4.78, 5) is 32.4. The Morgan fingerprint density at radius 1 is 1.17 bits per heavy atom. The van der Waals surface area contributed by atoms with Gasteiger partial charge in [0, 0.05) is 43.8 Å². The SMILES string of the molecule is COc1cc(Oc2ncn(CC3(O)CCN(C(=O)[C@@H]4CCC(F)(F)C[C@H]4c4ccccc4)CC3)c(=O)c2N)ccc1Cl. The molecule has 5 rings (SSSR count). The number of halogens is 3. The minimum atomic E-state index is -2.81. The second-order valence-corrected chi connectivity index (χ2v) is 11.5. The Kier molecular flexibility index (Phi) is 8.43. The summed E-state index contributed by atoms with van der Waals surface area (Å²) in [5.74, 6) is -3.53. The van der Waals surface area contributed by atoms with Crippen molar-refractivity contribution < 1.29 is 28.2 Å². The third-order valence-electron chi connectivity index (χ3n) is 8.21. The molecule has 1 aromatic heterocycles. The fourth-order valence-corrected chi connectivity index (χ4v) is 6.03. The van der Waals surface area contributed by atoms with E-state index in [9.17, 15) is 23.5 Å². The first-order chi connectivity index (χ1) is 20.0. The zero-order valence-electron chi connectivity index (χ0n) is 23.1. The molecule has 2 heterocycles. The number of rotatable bonds is 7. The van der Waals surface area contributed by atoms with Crippen LogP contribution in [0.5, 0.6) is 17.4 Å². The van der Waals surface area contributed by atoms with E-state index in [-0.39, 0.29) is 69.2 Å². The van der Waals surface area contributed by atoms with Crippen LogP contribution >= 0.6 is 11.6 Å². The maximum absolute atomic E-state index is 14.4. The van der Waals surface area contributed by atoms with Crippen LogP contribution in [0.1, 0.15) is 43.6 Å². The van der Waals surface area contributed by atoms with Crippen molar-refractivity contribution in [3.05, 3.63) is 75.8 Å². The molecule has 224 valence electrons. The molecule has 1 saturated carbocycles. The van der Waals surface area contributed by atoms with Gasteiger partial charge in [-0.25, -0.2) is 13.8 Å². The minimum Gasteiger partial charge on any atom is -0.495 e. The van der Waals surface area contributed by atoms with Gasteiger partial charge in [0.05, 0.1) is 24.3 Å². The summed E-state index contributed by atoms with van der Waals surface area (Å²) in [5, 5.41) is 11.7. The number of anilines is 1. The molecule has 2 aliphatic rings. The molecule has 42 heavy (non-hydrogen) atoms. The largest absolute Gasteiger partial charge is 0.495 e. The zero-order chi connectivity index (χ0) is 30.1. The Hall–Kier alpha value is -3.70. The van der Waals surface area contributed by atoms with Crippen molar-refractivity contribution >= 4 is 23.2 Å². The number of likely N-dealkylation sites (tertiary alicyclic amines) is 1. The number of nitrogen functional groups attached to an aromatic ring is 1. The highest BCUT2D eigenvalue weighted by Crippen LogP contribution is 2.46. The summed E-state index contributed by atoms with van der Waals surface area (Å²) in [6.45, 7) is 0.393. The number of nitrogens with zero attached hydrogens (tertiary/aromatic N) is 3. The number of ether oxygens (including phenoxy) is 2. The molecular formula is C30H33ClF2N4O5. The number of alkyl halides is 2. The molecule has 0 bridgehead atoms. The highest BCUT2D eigenvalue weighted by Gasteiger charge is 2.46. The van der Waals surface area contributed by atoms with Crippen molar-refractivity contribution in [2.24, 2.45) is 5.92 Å². The van der Waals surface area contributed by atoms with Crippen molar-refractivity contribution in [1.82, 2.24) is 14.5 Å². The van der Waals surface area contributed by atoms with Gasteiger partial charge < -0.3 is 25.2 Å². The van der Waals surface area contributed by atoms with Crippen LogP contribution in [0.4, 0.5) is 14.5 Å². The molecule has 3 aromatic rings. The van der Waals surface area contributed by atoms with E-state index in [2.05, 4.69) is 4.98 Å². The highest BCUT2D eigenvalue weighted by atomic mass is 35.5. The molecule has 2 atom stereocenters. The fourth-order valence-electron chi connectivity index (χ4n) is 5.83. The van der Waals surface area contributed by atoms with E-state index in [1.54, 1.807) is 41.3 Å². The van der Waals surface area contributed by atoms with E-state index in [1.807, 2.05) is 6.07 Å². The summed E-state index contributed by atoms with van der Waals surface area (Å²) < 4.78 is 40.8. The molecular weight excluding hydrogens is 570 g/mol. The molecule has 1 aliphatic carbocycles. The van der Waals surface area contributed by atoms with Crippen molar-refractivity contribution in [3.8, 4) is 17.4 Å². The number of hydrogen-bond donors (Lipinski definition) is 2. The van der Waals surface area contributed by atoms with Gasteiger partial charge in [0.25, 0.3) is 5.56 Å². The standard InChI is InChI=1S/C30H33ClF2N4O5/c1-41-24-15-20(7-8-23(24)31)42-26-25(34)28(39)37(18-35-26)17-29(40)11-13-36(14-12-29)27(38)21-9-10-30(32,33)16-22(21)19-5-3-2-4-6-19/h2-8,15,18,21-22,40H,9-14,16-17,34H2,1H3/t21-,22+/m1/s1. The Morgan fingerprint density at radius 2 is 1.88 bits per heavy atom. The molecule has 1 amide bonds. The van der Waals surface area contributed by atoms with Gasteiger partial charge in [-0.3, -0.25) is 14.2 Å². The van der Waals surface area contributed by atoms with Gasteiger partial charge in [0.1, 0.15) is 17.8 Å². The van der Waals surface area contributed by atoms with Crippen molar-refractivity contribution in [1.29, 1.82) is 0 Å². The maximum Gasteiger partial charge on any atom is 0.280 e. The topological polar surface area (TPSA) is 120 Å². The summed E-state index contributed by atoms with van der Waals surface area (Å²) in [6, 6.07) is 13.7. The molecule has 1 saturated heterocycles. The zero-order valence-corrected chi connectivity index (χ0v) is 23.9. The first-order valence-electron chi connectivity index (χ1n) is 13.8. The summed E-state index contributed by atoms with van der Waals surface area (Å²) >= 11 is 6.04. The normalized spacial score (nSPS) is 21.5. The Bertz CT molecular complexity index is 1490. The van der Waals surface area contributed by atoms with E-state index in [1.165, 1.54) is 24.1 Å². The third kappa shape index (κ3) is 6.37. The van der Waals surface area contributed by atoms with Crippen LogP contribution in [0.15, 0.2) is 59.7 Å². The van der Waals surface area contributed by atoms with E-state index < -0.39 is 28.9 Å². The number of amides is 1. The minimum absolute atomic E-state index is 0.0809. The molecule has 12 heteroatoms. The van der Waals surface area contributed by atoms with E-state index in [0.29, 0.717) is 16.5 Å². The van der Waals surface area contributed by atoms with Gasteiger partial charge in [-0.05, 0) is 37.0 Å². The van der Waals surface area contributed by atoms with E-state index in [0.717, 1.165) is 5.56 Å². The maximum atomic E-state index is 14.4. The molecule has 2 aromatic carbocycles. The van der Waals surface area contributed by atoms with Crippen LogP contribution < -0.4 is 20.8 Å². The van der Waals surface area contributed by atoms with Gasteiger partial charge in [-0.1, -0.05) is 41.9 Å². The van der Waals surface area contributed by atoms with Crippen molar-refractivity contribution in [2.75, 3.05) is 25.9 Å². The first-order valence-corrected chi connectivity index (χ1v) is 14.2. The summed E-state index contributed by atoms with van der Waals surface area (Å²) in [7, 11) is 1.46. The van der Waals surface area contributed by atoms with Crippen molar-refractivity contribution in [3.63, 3.8) is 0 Å². The third-order valence-corrected chi connectivity index (χ3v) is 8.53. The molecule has 3 N–H and O–H groups in total. The number of benzene rings is 2. The van der Waals surface area contributed by atoms with Gasteiger partial charge in [-0.15, -0.1) is 0 Å². The molecule has 9 nitrogen and oxygen atoms in total. The van der Waals surface area contributed by atoms with Crippen LogP contribution in [0.3, 0.4) is 0 Å². The monoisotopic (exact) mass is 602 g/mol. The number of carbonyl (C=O) groups excluding carboxylic acids is 1. The quantitative estimate of drug-likeness (QED) is 0.397. The average Bonchev–Trinajstić information content (AvgIpc) is 2.98. The lowest BCUT2D eigenvalue weighted by atomic mass is 9.73. The highest BCUT2D eigenvalue weighted by molar-refractivity contribution is 6.32. The predicted octanol–water partition coefficient (Wildman–Crippen LogP) is 4.85. The van der Waals surface area contributed by atoms with Gasteiger partial charge >= 0.3 is 0 Å². The Labute approximate surface area is 246 Å². The average molecular weight is 603 g/mol. The lowest BCUT2D eigenvalue weighted by Crippen LogP contribution is -2.52. The van der Waals surface area contributed by atoms with E-state index >= 15 is 0 Å². The van der Waals surface area contributed by atoms with Gasteiger partial charge in [0.15, 0.2) is 5.69 Å². The first kappa shape index (κ1) is 29.8. The van der Waals surface area contributed by atoms with Crippen LogP contribution in [0.2, 0.25) is 5.02 Å². The van der Waals surface area contributed by atoms with Crippen LogP contribution in [0, 0.1) is 5.92 Å². The number of carbonyl (C=O) groups is 1. The second-order valence-electron chi connectivity index (χ2n) is 11.1. The molecule has 0 spiro atoms. The Morgan fingerprint density at radius 3 is 2.57 bits per heavy atom. The smallest absolute Gasteiger partial charge is 0.280 e. The summed E-state index contributed by atoms with van der Waals surface area (Å²) in [6.07, 6.45) is 1.06. The number of hydrogen-bond acceptors (Lipinski definition) is 7. The molecule has 0 unspecified atom stereocenters. The molecule has 1 aliphatic heterocycles. The predicted molar refractivity (Wildman–Crippen MR) is 153 cm³/mol. The van der Waals surface area contributed by atoms with Crippen molar-refractivity contribution in [2.45, 2.75) is 56.1 Å². The van der Waals surface area contributed by atoms with E-state index in [4.69, 9.17) is 26.8 Å². The van der Waals surface area contributed by atoms with Crippen LogP contribution in [-0.4, -0.2) is 57.2 Å². The number of methoxy groups -OCH3 is 1. The van der Waals surface area contributed by atoms with Crippen LogP contribution in [0.25, 0.3) is 0 Å². The Balaban J connectivity index is 1.24. The lowest BCUT2D eigenvalue weighted by Gasteiger charge is -2.42. The number of piperidine rings is 1. The lowest BCUT2D eigenvalue weighted by molar-refractivity contribution is -0.145. The molecule has 0 radical (unpaired) electrons. The number of aromatic nitrogens is 2. The van der Waals surface area contributed by atoms with Gasteiger partial charge in [0.2, 0.25) is 17.7 Å². The second kappa shape index (κ2) is 11.9. The van der Waals surface area contributed by atoms with Crippen LogP contribution in [-0.2, 0) is 11.3 Å². The van der Waals surface area contributed by atoms with Gasteiger partial charge in [-0.2, -0.15) is 0 Å². The molecule has 2 fully saturated rings. The number of aliphatic hydroxyl groups is 1.